The SMILES string of the molecule is CCC(C)(O)CNc1ccc(OC(F)(F)F)cc1. The molecule has 6 heteroatoms. The van der Waals surface area contributed by atoms with Crippen molar-refractivity contribution in [2.75, 3.05) is 11.9 Å². The third-order valence-electron chi connectivity index (χ3n) is 2.52. The molecule has 0 aliphatic heterocycles. The average Bonchev–Trinajstić information content (AvgIpc) is 2.26. The topological polar surface area (TPSA) is 41.5 Å². The predicted octanol–water partition coefficient (Wildman–Crippen LogP) is 3.16. The molecule has 102 valence electrons. The van der Waals surface area contributed by atoms with Gasteiger partial charge in [-0.1, -0.05) is 6.92 Å². The van der Waals surface area contributed by atoms with Crippen LogP contribution in [0.15, 0.2) is 24.3 Å². The van der Waals surface area contributed by atoms with E-state index >= 15 is 0 Å². The van der Waals surface area contributed by atoms with Gasteiger partial charge in [-0.3, -0.25) is 0 Å². The Hall–Kier alpha value is -1.43. The number of benzene rings is 1. The van der Waals surface area contributed by atoms with Crippen LogP contribution in [0.25, 0.3) is 0 Å². The van der Waals surface area contributed by atoms with Crippen molar-refractivity contribution >= 4 is 5.69 Å². The second-order valence-corrected chi connectivity index (χ2v) is 4.28. The Balaban J connectivity index is 2.56. The van der Waals surface area contributed by atoms with E-state index in [2.05, 4.69) is 10.1 Å². The number of alkyl halides is 3. The van der Waals surface area contributed by atoms with Crippen molar-refractivity contribution in [1.82, 2.24) is 0 Å². The van der Waals surface area contributed by atoms with Crippen LogP contribution < -0.4 is 10.1 Å². The molecule has 0 saturated heterocycles. The van der Waals surface area contributed by atoms with E-state index in [1.165, 1.54) is 24.3 Å². The molecule has 0 radical (unpaired) electrons. The molecule has 0 bridgehead atoms. The first-order valence-electron chi connectivity index (χ1n) is 5.54. The predicted molar refractivity (Wildman–Crippen MR) is 62.5 cm³/mol. The molecule has 0 saturated carbocycles. The van der Waals surface area contributed by atoms with Crippen molar-refractivity contribution in [3.8, 4) is 5.75 Å². The van der Waals surface area contributed by atoms with Gasteiger partial charge in [-0.05, 0) is 37.6 Å². The van der Waals surface area contributed by atoms with Crippen LogP contribution in [0.3, 0.4) is 0 Å². The molecule has 1 unspecified atom stereocenters. The first kappa shape index (κ1) is 14.6. The summed E-state index contributed by atoms with van der Waals surface area (Å²) in [5.74, 6) is -0.268. The van der Waals surface area contributed by atoms with Crippen molar-refractivity contribution < 1.29 is 23.0 Å². The summed E-state index contributed by atoms with van der Waals surface area (Å²) in [7, 11) is 0. The molecule has 0 amide bonds. The van der Waals surface area contributed by atoms with Crippen molar-refractivity contribution in [2.24, 2.45) is 0 Å². The molecule has 0 heterocycles. The van der Waals surface area contributed by atoms with Crippen LogP contribution in [0, 0.1) is 0 Å². The highest BCUT2D eigenvalue weighted by Gasteiger charge is 2.30. The first-order valence-corrected chi connectivity index (χ1v) is 5.54. The van der Waals surface area contributed by atoms with Crippen molar-refractivity contribution in [1.29, 1.82) is 0 Å². The normalized spacial score (nSPS) is 15.0. The lowest BCUT2D eigenvalue weighted by Crippen LogP contribution is -2.32. The molecular formula is C12H16F3NO2. The van der Waals surface area contributed by atoms with Crippen LogP contribution in [0.2, 0.25) is 0 Å². The van der Waals surface area contributed by atoms with E-state index in [-0.39, 0.29) is 5.75 Å². The van der Waals surface area contributed by atoms with E-state index in [0.717, 1.165) is 0 Å². The van der Waals surface area contributed by atoms with E-state index in [1.54, 1.807) is 6.92 Å². The van der Waals surface area contributed by atoms with Gasteiger partial charge in [0.2, 0.25) is 0 Å². The molecule has 1 aromatic rings. The second-order valence-electron chi connectivity index (χ2n) is 4.28. The van der Waals surface area contributed by atoms with E-state index in [1.807, 2.05) is 6.92 Å². The zero-order chi connectivity index (χ0) is 13.8. The van der Waals surface area contributed by atoms with Crippen LogP contribution in [-0.4, -0.2) is 23.6 Å². The maximum absolute atomic E-state index is 11.9. The minimum atomic E-state index is -4.68. The molecule has 3 nitrogen and oxygen atoms in total. The minimum absolute atomic E-state index is 0.268. The Bertz CT molecular complexity index is 374. The average molecular weight is 263 g/mol. The number of aliphatic hydroxyl groups is 1. The summed E-state index contributed by atoms with van der Waals surface area (Å²) in [4.78, 5) is 0. The van der Waals surface area contributed by atoms with Gasteiger partial charge >= 0.3 is 6.36 Å². The fraction of sp³-hybridized carbons (Fsp3) is 0.500. The van der Waals surface area contributed by atoms with Gasteiger partial charge in [-0.2, -0.15) is 0 Å². The standard InChI is InChI=1S/C12H16F3NO2/c1-3-11(2,17)8-16-9-4-6-10(7-5-9)18-12(13,14)15/h4-7,16-17H,3,8H2,1-2H3. The number of hydrogen-bond donors (Lipinski definition) is 2. The maximum Gasteiger partial charge on any atom is 0.573 e. The van der Waals surface area contributed by atoms with E-state index < -0.39 is 12.0 Å². The van der Waals surface area contributed by atoms with Gasteiger partial charge in [0.1, 0.15) is 5.75 Å². The lowest BCUT2D eigenvalue weighted by Gasteiger charge is -2.22. The van der Waals surface area contributed by atoms with Crippen LogP contribution in [0.4, 0.5) is 18.9 Å². The number of rotatable bonds is 5. The third-order valence-corrected chi connectivity index (χ3v) is 2.52. The molecule has 0 aromatic heterocycles. The summed E-state index contributed by atoms with van der Waals surface area (Å²) >= 11 is 0. The lowest BCUT2D eigenvalue weighted by molar-refractivity contribution is -0.274. The Labute approximate surface area is 104 Å². The fourth-order valence-electron chi connectivity index (χ4n) is 1.19. The first-order chi connectivity index (χ1) is 8.22. The Morgan fingerprint density at radius 3 is 2.22 bits per heavy atom. The molecule has 18 heavy (non-hydrogen) atoms. The number of nitrogens with one attached hydrogen (secondary N) is 1. The highest BCUT2D eigenvalue weighted by Crippen LogP contribution is 2.24. The highest BCUT2D eigenvalue weighted by molar-refractivity contribution is 5.46. The van der Waals surface area contributed by atoms with E-state index in [0.29, 0.717) is 18.7 Å². The van der Waals surface area contributed by atoms with Crippen LogP contribution in [-0.2, 0) is 0 Å². The number of anilines is 1. The highest BCUT2D eigenvalue weighted by atomic mass is 19.4. The Kier molecular flexibility index (Phi) is 4.45. The molecule has 1 atom stereocenters. The van der Waals surface area contributed by atoms with E-state index in [9.17, 15) is 18.3 Å². The van der Waals surface area contributed by atoms with Gasteiger partial charge in [-0.25, -0.2) is 0 Å². The Morgan fingerprint density at radius 1 is 1.22 bits per heavy atom. The lowest BCUT2D eigenvalue weighted by atomic mass is 10.0. The second kappa shape index (κ2) is 5.48. The molecular weight excluding hydrogens is 247 g/mol. The quantitative estimate of drug-likeness (QED) is 0.857. The Morgan fingerprint density at radius 2 is 1.78 bits per heavy atom. The molecule has 0 fully saturated rings. The van der Waals surface area contributed by atoms with Crippen LogP contribution >= 0.6 is 0 Å². The summed E-state index contributed by atoms with van der Waals surface area (Å²) in [5, 5.41) is 12.7. The van der Waals surface area contributed by atoms with Gasteiger partial charge in [0.15, 0.2) is 0 Å². The van der Waals surface area contributed by atoms with Gasteiger partial charge in [0.05, 0.1) is 5.60 Å². The molecule has 2 N–H and O–H groups in total. The zero-order valence-corrected chi connectivity index (χ0v) is 10.2. The smallest absolute Gasteiger partial charge is 0.406 e. The summed E-state index contributed by atoms with van der Waals surface area (Å²) < 4.78 is 39.5. The summed E-state index contributed by atoms with van der Waals surface area (Å²) in [6.07, 6.45) is -4.10. The summed E-state index contributed by atoms with van der Waals surface area (Å²) in [6.45, 7) is 3.85. The monoisotopic (exact) mass is 263 g/mol. The third kappa shape index (κ3) is 5.27. The van der Waals surface area contributed by atoms with Crippen molar-refractivity contribution in [2.45, 2.75) is 32.2 Å². The maximum atomic E-state index is 11.9. The number of ether oxygens (including phenoxy) is 1. The van der Waals surface area contributed by atoms with E-state index in [4.69, 9.17) is 0 Å². The van der Waals surface area contributed by atoms with Gasteiger partial charge in [0, 0.05) is 12.2 Å². The zero-order valence-electron chi connectivity index (χ0n) is 10.2. The fourth-order valence-corrected chi connectivity index (χ4v) is 1.19. The van der Waals surface area contributed by atoms with Crippen LogP contribution in [0.1, 0.15) is 20.3 Å². The minimum Gasteiger partial charge on any atom is -0.406 e. The summed E-state index contributed by atoms with van der Waals surface area (Å²) in [5.41, 5.74) is -0.223. The molecule has 0 spiro atoms. The van der Waals surface area contributed by atoms with Crippen molar-refractivity contribution in [3.05, 3.63) is 24.3 Å². The van der Waals surface area contributed by atoms with Crippen molar-refractivity contribution in [3.63, 3.8) is 0 Å². The van der Waals surface area contributed by atoms with Crippen LogP contribution in [0.5, 0.6) is 5.75 Å². The molecule has 1 rings (SSSR count). The molecule has 0 aliphatic rings. The van der Waals surface area contributed by atoms with Gasteiger partial charge < -0.3 is 15.2 Å². The van der Waals surface area contributed by atoms with Gasteiger partial charge in [0.25, 0.3) is 0 Å². The number of hydrogen-bond acceptors (Lipinski definition) is 3. The molecule has 1 aromatic carbocycles. The van der Waals surface area contributed by atoms with Gasteiger partial charge in [-0.15, -0.1) is 13.2 Å². The number of halogens is 3. The summed E-state index contributed by atoms with van der Waals surface area (Å²) in [6, 6.07) is 5.37. The largest absolute Gasteiger partial charge is 0.573 e. The molecule has 0 aliphatic carbocycles.